The lowest BCUT2D eigenvalue weighted by molar-refractivity contribution is -0.0685. The highest BCUT2D eigenvalue weighted by Crippen LogP contribution is 2.28. The van der Waals surface area contributed by atoms with Crippen molar-refractivity contribution in [1.82, 2.24) is 25.0 Å². The monoisotopic (exact) mass is 345 g/mol. The lowest BCUT2D eigenvalue weighted by atomic mass is 10.0. The van der Waals surface area contributed by atoms with Gasteiger partial charge >= 0.3 is 0 Å². The van der Waals surface area contributed by atoms with Crippen LogP contribution in [0.25, 0.3) is 0 Å². The molecule has 0 spiro atoms. The fourth-order valence-electron chi connectivity index (χ4n) is 3.18. The molecule has 1 fully saturated rings. The second kappa shape index (κ2) is 7.62. The minimum absolute atomic E-state index is 0.0352. The quantitative estimate of drug-likeness (QED) is 0.829. The summed E-state index contributed by atoms with van der Waals surface area (Å²) < 4.78 is 7.71. The number of morpholine rings is 1. The number of carbonyl (C=O) groups excluding carboxylic acids is 1. The minimum atomic E-state index is -0.287. The van der Waals surface area contributed by atoms with E-state index in [0.29, 0.717) is 18.7 Å². The van der Waals surface area contributed by atoms with Crippen molar-refractivity contribution in [3.63, 3.8) is 0 Å². The summed E-state index contributed by atoms with van der Waals surface area (Å²) in [6.45, 7) is 4.84. The van der Waals surface area contributed by atoms with E-state index in [1.165, 1.54) is 18.5 Å². The van der Waals surface area contributed by atoms with E-state index in [0.717, 1.165) is 18.7 Å². The second-order valence-electron chi connectivity index (χ2n) is 6.07. The van der Waals surface area contributed by atoms with Crippen LogP contribution >= 0.6 is 0 Å². The van der Waals surface area contributed by atoms with Crippen LogP contribution in [0.2, 0.25) is 0 Å². The highest BCUT2D eigenvalue weighted by atomic mass is 16.5. The van der Waals surface area contributed by atoms with E-state index in [4.69, 9.17) is 4.74 Å². The van der Waals surface area contributed by atoms with Crippen molar-refractivity contribution in [2.75, 3.05) is 26.2 Å². The molecule has 2 aromatic rings. The number of hydrogen-bond acceptors (Lipinski definition) is 6. The summed E-state index contributed by atoms with van der Waals surface area (Å²) in [6, 6.07) is 1.43. The number of aryl methyl sites for hydroxylation is 1. The summed E-state index contributed by atoms with van der Waals surface area (Å²) in [6.07, 6.45) is 6.37. The standard InChI is InChI=1S/C17H23N5O3/c1-3-22-4-5-25-15(16(22)13-8-20-21(2)11-13)10-19-17(24)12-6-14(23)9-18-7-12/h6-9,11,15-16,23H,3-5,10H2,1-2H3,(H,19,24)/t15-,16-/m0/s1. The summed E-state index contributed by atoms with van der Waals surface area (Å²) in [7, 11) is 1.88. The Morgan fingerprint density at radius 2 is 2.28 bits per heavy atom. The number of amides is 1. The zero-order valence-corrected chi connectivity index (χ0v) is 14.4. The predicted octanol–water partition coefficient (Wildman–Crippen LogP) is 0.712. The zero-order valence-electron chi connectivity index (χ0n) is 14.4. The highest BCUT2D eigenvalue weighted by Gasteiger charge is 2.33. The average Bonchev–Trinajstić information content (AvgIpc) is 3.05. The molecule has 0 bridgehead atoms. The van der Waals surface area contributed by atoms with Crippen LogP contribution in [0.1, 0.15) is 28.9 Å². The topological polar surface area (TPSA) is 92.5 Å². The molecule has 3 rings (SSSR count). The normalized spacial score (nSPS) is 21.2. The van der Waals surface area contributed by atoms with E-state index in [2.05, 4.69) is 27.2 Å². The van der Waals surface area contributed by atoms with E-state index < -0.39 is 0 Å². The van der Waals surface area contributed by atoms with Crippen molar-refractivity contribution in [2.45, 2.75) is 19.1 Å². The Morgan fingerprint density at radius 1 is 1.44 bits per heavy atom. The van der Waals surface area contributed by atoms with Gasteiger partial charge in [0.05, 0.1) is 36.7 Å². The molecule has 1 aliphatic rings. The van der Waals surface area contributed by atoms with Gasteiger partial charge in [0.25, 0.3) is 5.91 Å². The van der Waals surface area contributed by atoms with Gasteiger partial charge in [-0.3, -0.25) is 19.4 Å². The van der Waals surface area contributed by atoms with Gasteiger partial charge in [0.15, 0.2) is 0 Å². The van der Waals surface area contributed by atoms with Crippen LogP contribution in [-0.2, 0) is 11.8 Å². The van der Waals surface area contributed by atoms with Crippen molar-refractivity contribution in [2.24, 2.45) is 7.05 Å². The Balaban J connectivity index is 1.71. The summed E-state index contributed by atoms with van der Waals surface area (Å²) in [5, 5.41) is 16.6. The van der Waals surface area contributed by atoms with Crippen molar-refractivity contribution in [1.29, 1.82) is 0 Å². The highest BCUT2D eigenvalue weighted by molar-refractivity contribution is 5.94. The smallest absolute Gasteiger partial charge is 0.253 e. The van der Waals surface area contributed by atoms with Crippen LogP contribution in [0.3, 0.4) is 0 Å². The predicted molar refractivity (Wildman–Crippen MR) is 91.2 cm³/mol. The molecule has 1 amide bonds. The van der Waals surface area contributed by atoms with E-state index in [1.807, 2.05) is 19.4 Å². The molecular weight excluding hydrogens is 322 g/mol. The van der Waals surface area contributed by atoms with Gasteiger partial charge in [-0.15, -0.1) is 0 Å². The van der Waals surface area contributed by atoms with Crippen molar-refractivity contribution in [3.8, 4) is 5.75 Å². The average molecular weight is 345 g/mol. The van der Waals surface area contributed by atoms with Gasteiger partial charge in [-0.05, 0) is 12.6 Å². The van der Waals surface area contributed by atoms with Gasteiger partial charge in [0.2, 0.25) is 0 Å². The molecule has 0 unspecified atom stereocenters. The van der Waals surface area contributed by atoms with Crippen LogP contribution in [0.5, 0.6) is 5.75 Å². The number of nitrogens with one attached hydrogen (secondary N) is 1. The fraction of sp³-hybridized carbons (Fsp3) is 0.471. The molecule has 8 heteroatoms. The molecule has 3 heterocycles. The van der Waals surface area contributed by atoms with E-state index in [-0.39, 0.29) is 23.8 Å². The van der Waals surface area contributed by atoms with Gasteiger partial charge in [-0.1, -0.05) is 6.92 Å². The van der Waals surface area contributed by atoms with Gasteiger partial charge in [0, 0.05) is 38.1 Å². The maximum absolute atomic E-state index is 12.3. The first-order chi connectivity index (χ1) is 12.1. The Morgan fingerprint density at radius 3 is 2.96 bits per heavy atom. The summed E-state index contributed by atoms with van der Waals surface area (Å²) in [5.41, 5.74) is 1.39. The molecular formula is C17H23N5O3. The van der Waals surface area contributed by atoms with Crippen LogP contribution in [0, 0.1) is 0 Å². The second-order valence-corrected chi connectivity index (χ2v) is 6.07. The molecule has 0 aromatic carbocycles. The Bertz CT molecular complexity index is 733. The maximum atomic E-state index is 12.3. The number of pyridine rings is 1. The number of ether oxygens (including phenoxy) is 1. The molecule has 0 aliphatic carbocycles. The van der Waals surface area contributed by atoms with Gasteiger partial charge in [-0.25, -0.2) is 0 Å². The van der Waals surface area contributed by atoms with Crippen molar-refractivity contribution in [3.05, 3.63) is 42.0 Å². The molecule has 2 atom stereocenters. The third-order valence-electron chi connectivity index (χ3n) is 4.38. The van der Waals surface area contributed by atoms with Crippen LogP contribution in [0.15, 0.2) is 30.9 Å². The number of aromatic hydroxyl groups is 1. The van der Waals surface area contributed by atoms with Crippen molar-refractivity contribution >= 4 is 5.91 Å². The molecule has 2 aromatic heterocycles. The zero-order chi connectivity index (χ0) is 17.8. The number of aromatic nitrogens is 3. The van der Waals surface area contributed by atoms with Crippen LogP contribution < -0.4 is 5.32 Å². The molecule has 25 heavy (non-hydrogen) atoms. The largest absolute Gasteiger partial charge is 0.506 e. The minimum Gasteiger partial charge on any atom is -0.506 e. The molecule has 0 saturated carbocycles. The first-order valence-electron chi connectivity index (χ1n) is 8.35. The van der Waals surface area contributed by atoms with Crippen molar-refractivity contribution < 1.29 is 14.6 Å². The molecule has 1 saturated heterocycles. The van der Waals surface area contributed by atoms with E-state index in [9.17, 15) is 9.90 Å². The Labute approximate surface area is 146 Å². The third-order valence-corrected chi connectivity index (χ3v) is 4.38. The van der Waals surface area contributed by atoms with E-state index in [1.54, 1.807) is 4.68 Å². The maximum Gasteiger partial charge on any atom is 0.253 e. The number of hydrogen-bond donors (Lipinski definition) is 2. The molecule has 8 nitrogen and oxygen atoms in total. The first-order valence-corrected chi connectivity index (χ1v) is 8.35. The molecule has 2 N–H and O–H groups in total. The lowest BCUT2D eigenvalue weighted by Crippen LogP contribution is -2.49. The molecule has 0 radical (unpaired) electrons. The van der Waals surface area contributed by atoms with Crippen LogP contribution in [0.4, 0.5) is 0 Å². The SMILES string of the molecule is CCN1CCO[C@@H](CNC(=O)c2cncc(O)c2)[C@@H]1c1cnn(C)c1. The number of likely N-dealkylation sites (N-methyl/N-ethyl adjacent to an activating group) is 1. The fourth-order valence-corrected chi connectivity index (χ4v) is 3.18. The van der Waals surface area contributed by atoms with E-state index >= 15 is 0 Å². The summed E-state index contributed by atoms with van der Waals surface area (Å²) in [5.74, 6) is -0.322. The first kappa shape index (κ1) is 17.4. The van der Waals surface area contributed by atoms with Gasteiger partial charge in [0.1, 0.15) is 5.75 Å². The molecule has 134 valence electrons. The third kappa shape index (κ3) is 3.97. The van der Waals surface area contributed by atoms with Crippen LogP contribution in [-0.4, -0.2) is 63.0 Å². The summed E-state index contributed by atoms with van der Waals surface area (Å²) >= 11 is 0. The Kier molecular flexibility index (Phi) is 5.30. The molecule has 1 aliphatic heterocycles. The number of rotatable bonds is 5. The Hall–Kier alpha value is -2.45. The number of carbonyl (C=O) groups is 1. The lowest BCUT2D eigenvalue weighted by Gasteiger charge is -2.40. The number of nitrogens with zero attached hydrogens (tertiary/aromatic N) is 4. The van der Waals surface area contributed by atoms with Gasteiger partial charge < -0.3 is 15.2 Å². The summed E-state index contributed by atoms with van der Waals surface area (Å²) in [4.78, 5) is 18.4. The van der Waals surface area contributed by atoms with Gasteiger partial charge in [-0.2, -0.15) is 5.10 Å².